The second kappa shape index (κ2) is 10.7. The molecule has 1 amide bonds. The number of rotatable bonds is 6. The number of azide groups is 1. The van der Waals surface area contributed by atoms with Gasteiger partial charge in [0.1, 0.15) is 29.4 Å². The van der Waals surface area contributed by atoms with Crippen LogP contribution >= 0.6 is 23.4 Å². The SMILES string of the molecule is CO[C@H]1C(N=[N+]=[N-])[C@H]2OC(c3ccccc3)OCC2O[C@@H]1Sc1cc(Cl)cnc1C(=O)N1CCC1. The molecule has 1 aromatic carbocycles. The van der Waals surface area contributed by atoms with Crippen LogP contribution < -0.4 is 0 Å². The van der Waals surface area contributed by atoms with Crippen LogP contribution in [0.5, 0.6) is 0 Å². The second-order valence-electron chi connectivity index (χ2n) is 8.38. The zero-order valence-corrected chi connectivity index (χ0v) is 20.5. The lowest BCUT2D eigenvalue weighted by atomic mass is 9.96. The van der Waals surface area contributed by atoms with E-state index in [9.17, 15) is 10.3 Å². The summed E-state index contributed by atoms with van der Waals surface area (Å²) in [5.74, 6) is -0.153. The van der Waals surface area contributed by atoms with E-state index in [2.05, 4.69) is 15.0 Å². The first kappa shape index (κ1) is 24.3. The Morgan fingerprint density at radius 3 is 2.80 bits per heavy atom. The Morgan fingerprint density at radius 1 is 1.31 bits per heavy atom. The number of ether oxygens (including phenoxy) is 4. The maximum Gasteiger partial charge on any atom is 0.273 e. The molecule has 0 saturated carbocycles. The van der Waals surface area contributed by atoms with Gasteiger partial charge >= 0.3 is 0 Å². The van der Waals surface area contributed by atoms with Crippen LogP contribution in [0.1, 0.15) is 28.8 Å². The topological polar surface area (TPSA) is 119 Å². The summed E-state index contributed by atoms with van der Waals surface area (Å²) in [4.78, 5) is 22.6. The number of amides is 1. The first-order valence-electron chi connectivity index (χ1n) is 11.2. The van der Waals surface area contributed by atoms with Crippen molar-refractivity contribution in [2.24, 2.45) is 5.11 Å². The van der Waals surface area contributed by atoms with Gasteiger partial charge in [-0.3, -0.25) is 4.79 Å². The number of pyridine rings is 1. The van der Waals surface area contributed by atoms with Gasteiger partial charge in [0.15, 0.2) is 6.29 Å². The Labute approximate surface area is 211 Å². The highest BCUT2D eigenvalue weighted by molar-refractivity contribution is 8.00. The molecule has 2 aromatic rings. The van der Waals surface area contributed by atoms with Crippen LogP contribution in [0.25, 0.3) is 10.4 Å². The van der Waals surface area contributed by atoms with Gasteiger partial charge in [0.25, 0.3) is 5.91 Å². The lowest BCUT2D eigenvalue weighted by Crippen LogP contribution is -2.60. The molecular formula is C23H24ClN5O5S. The van der Waals surface area contributed by atoms with E-state index in [0.717, 1.165) is 12.0 Å². The number of likely N-dealkylation sites (tertiary alicyclic amines) is 1. The highest BCUT2D eigenvalue weighted by Gasteiger charge is 2.50. The lowest BCUT2D eigenvalue weighted by molar-refractivity contribution is -0.298. The van der Waals surface area contributed by atoms with Gasteiger partial charge in [-0.25, -0.2) is 4.98 Å². The third-order valence-electron chi connectivity index (χ3n) is 6.25. The Morgan fingerprint density at radius 2 is 2.11 bits per heavy atom. The third-order valence-corrected chi connectivity index (χ3v) is 7.63. The molecule has 184 valence electrons. The summed E-state index contributed by atoms with van der Waals surface area (Å²) >= 11 is 7.49. The number of hydrogen-bond donors (Lipinski definition) is 0. The number of halogens is 1. The Kier molecular flexibility index (Phi) is 7.45. The smallest absolute Gasteiger partial charge is 0.273 e. The van der Waals surface area contributed by atoms with Crippen molar-refractivity contribution in [3.8, 4) is 0 Å². The average Bonchev–Trinajstić information content (AvgIpc) is 2.83. The predicted molar refractivity (Wildman–Crippen MR) is 128 cm³/mol. The minimum absolute atomic E-state index is 0.153. The number of carbonyl (C=O) groups excluding carboxylic acids is 1. The molecule has 0 radical (unpaired) electrons. The van der Waals surface area contributed by atoms with Gasteiger partial charge in [-0.15, -0.1) is 0 Å². The van der Waals surface area contributed by atoms with Crippen LogP contribution in [0.2, 0.25) is 5.02 Å². The minimum Gasteiger partial charge on any atom is -0.377 e. The number of fused-ring (bicyclic) bond motifs is 1. The number of methoxy groups -OCH3 is 1. The van der Waals surface area contributed by atoms with Gasteiger partial charge in [-0.1, -0.05) is 58.8 Å². The van der Waals surface area contributed by atoms with Gasteiger partial charge < -0.3 is 23.8 Å². The summed E-state index contributed by atoms with van der Waals surface area (Å²) in [6.45, 7) is 1.64. The van der Waals surface area contributed by atoms with Crippen molar-refractivity contribution in [1.29, 1.82) is 0 Å². The van der Waals surface area contributed by atoms with E-state index >= 15 is 0 Å². The zero-order chi connectivity index (χ0) is 24.4. The van der Waals surface area contributed by atoms with Crippen molar-refractivity contribution in [2.75, 3.05) is 26.8 Å². The first-order chi connectivity index (χ1) is 17.1. The molecule has 4 heterocycles. The molecule has 3 saturated heterocycles. The second-order valence-corrected chi connectivity index (χ2v) is 9.96. The van der Waals surface area contributed by atoms with E-state index in [0.29, 0.717) is 28.7 Å². The van der Waals surface area contributed by atoms with Crippen molar-refractivity contribution in [3.05, 3.63) is 69.3 Å². The van der Waals surface area contributed by atoms with Crippen LogP contribution in [-0.2, 0) is 18.9 Å². The minimum atomic E-state index is -0.682. The Bertz CT molecular complexity index is 1120. The van der Waals surface area contributed by atoms with Crippen molar-refractivity contribution in [2.45, 2.75) is 47.4 Å². The average molecular weight is 518 g/mol. The molecule has 0 bridgehead atoms. The van der Waals surface area contributed by atoms with E-state index in [4.69, 9.17) is 30.5 Å². The molecule has 10 nitrogen and oxygen atoms in total. The Hall–Kier alpha value is -2.37. The van der Waals surface area contributed by atoms with Crippen molar-refractivity contribution in [1.82, 2.24) is 9.88 Å². The van der Waals surface area contributed by atoms with Gasteiger partial charge in [-0.05, 0) is 18.0 Å². The third kappa shape index (κ3) is 4.99. The molecule has 5 rings (SSSR count). The molecule has 0 N–H and O–H groups in total. The molecule has 1 aromatic heterocycles. The fourth-order valence-corrected chi connectivity index (χ4v) is 5.87. The molecule has 3 aliphatic rings. The van der Waals surface area contributed by atoms with Crippen molar-refractivity contribution < 1.29 is 23.7 Å². The predicted octanol–water partition coefficient (Wildman–Crippen LogP) is 4.21. The quantitative estimate of drug-likeness (QED) is 0.320. The van der Waals surface area contributed by atoms with E-state index in [-0.39, 0.29) is 12.5 Å². The van der Waals surface area contributed by atoms with Crippen molar-refractivity contribution in [3.63, 3.8) is 0 Å². The summed E-state index contributed by atoms with van der Waals surface area (Å²) in [5, 5.41) is 4.43. The Balaban J connectivity index is 1.41. The van der Waals surface area contributed by atoms with Gasteiger partial charge in [0, 0.05) is 41.8 Å². The monoisotopic (exact) mass is 517 g/mol. The summed E-state index contributed by atoms with van der Waals surface area (Å²) in [6.07, 6.45) is 0.0803. The molecule has 0 aliphatic carbocycles. The van der Waals surface area contributed by atoms with Crippen LogP contribution in [0.15, 0.2) is 52.6 Å². The number of aromatic nitrogens is 1. The summed E-state index contributed by atoms with van der Waals surface area (Å²) < 4.78 is 24.3. The molecule has 12 heteroatoms. The van der Waals surface area contributed by atoms with E-state index in [1.165, 1.54) is 25.1 Å². The summed E-state index contributed by atoms with van der Waals surface area (Å²) in [6, 6.07) is 10.5. The van der Waals surface area contributed by atoms with Crippen LogP contribution in [-0.4, -0.2) is 72.4 Å². The molecule has 0 spiro atoms. The van der Waals surface area contributed by atoms with E-state index in [1.54, 1.807) is 11.0 Å². The number of nitrogens with zero attached hydrogens (tertiary/aromatic N) is 5. The van der Waals surface area contributed by atoms with Crippen LogP contribution in [0, 0.1) is 0 Å². The molecule has 3 aliphatic heterocycles. The number of thioether (sulfide) groups is 1. The van der Waals surface area contributed by atoms with Crippen LogP contribution in [0.3, 0.4) is 0 Å². The van der Waals surface area contributed by atoms with E-state index in [1.807, 2.05) is 30.3 Å². The zero-order valence-electron chi connectivity index (χ0n) is 18.9. The lowest BCUT2D eigenvalue weighted by Gasteiger charge is -2.47. The van der Waals surface area contributed by atoms with Gasteiger partial charge in [0.05, 0.1) is 17.7 Å². The van der Waals surface area contributed by atoms with E-state index < -0.39 is 36.1 Å². The number of hydrogen-bond acceptors (Lipinski definition) is 8. The highest BCUT2D eigenvalue weighted by atomic mass is 35.5. The van der Waals surface area contributed by atoms with Crippen molar-refractivity contribution >= 4 is 29.3 Å². The molecule has 35 heavy (non-hydrogen) atoms. The largest absolute Gasteiger partial charge is 0.377 e. The standard InChI is InChI=1S/C23H24ClN5O5S/c1-31-20-18(27-28-25)19-15(12-32-22(34-19)13-6-3-2-4-7-13)33-23(20)35-16-10-14(24)11-26-17(16)21(30)29-8-5-9-29/h2-4,6-7,10-11,15,18-20,22-23H,5,8-9,12H2,1H3/t15?,18?,19-,20-,22?,23+/m0/s1. The number of carbonyl (C=O) groups is 1. The number of benzene rings is 1. The maximum absolute atomic E-state index is 12.9. The molecule has 6 atom stereocenters. The van der Waals surface area contributed by atoms with Gasteiger partial charge in [-0.2, -0.15) is 0 Å². The fourth-order valence-electron chi connectivity index (χ4n) is 4.35. The highest BCUT2D eigenvalue weighted by Crippen LogP contribution is 2.42. The first-order valence-corrected chi connectivity index (χ1v) is 12.5. The maximum atomic E-state index is 12.9. The van der Waals surface area contributed by atoms with Gasteiger partial charge in [0.2, 0.25) is 0 Å². The summed E-state index contributed by atoms with van der Waals surface area (Å²) in [5.41, 5.74) is 9.86. The molecule has 3 fully saturated rings. The molecular weight excluding hydrogens is 494 g/mol. The van der Waals surface area contributed by atoms with Crippen LogP contribution in [0.4, 0.5) is 0 Å². The fraction of sp³-hybridized carbons (Fsp3) is 0.478. The summed E-state index contributed by atoms with van der Waals surface area (Å²) in [7, 11) is 1.53. The molecule has 3 unspecified atom stereocenters. The normalized spacial score (nSPS) is 30.1.